The van der Waals surface area contributed by atoms with Gasteiger partial charge in [0.15, 0.2) is 0 Å². The highest BCUT2D eigenvalue weighted by molar-refractivity contribution is 5.88. The Hall–Kier alpha value is -1.79. The zero-order chi connectivity index (χ0) is 13.7. The molecule has 6 nitrogen and oxygen atoms in total. The lowest BCUT2D eigenvalue weighted by atomic mass is 10.2. The molecule has 0 fully saturated rings. The first-order chi connectivity index (χ1) is 9.20. The first kappa shape index (κ1) is 13.6. The Morgan fingerprint density at radius 2 is 2.26 bits per heavy atom. The molecule has 4 N–H and O–H groups in total. The van der Waals surface area contributed by atoms with E-state index < -0.39 is 0 Å². The Morgan fingerprint density at radius 1 is 1.42 bits per heavy atom. The highest BCUT2D eigenvalue weighted by Gasteiger charge is 2.04. The molecule has 0 aliphatic rings. The molecule has 0 unspecified atom stereocenters. The van der Waals surface area contributed by atoms with Crippen LogP contribution in [0.15, 0.2) is 18.3 Å². The lowest BCUT2D eigenvalue weighted by Gasteiger charge is -2.17. The number of methoxy groups -OCH3 is 1. The van der Waals surface area contributed by atoms with Gasteiger partial charge in [-0.05, 0) is 19.2 Å². The third-order valence-electron chi connectivity index (χ3n) is 3.10. The SMILES string of the molecule is COCCN(C)CCNc1cc2[nH]ncc2cc1N. The molecule has 0 radical (unpaired) electrons. The van der Waals surface area contributed by atoms with Crippen molar-refractivity contribution in [3.05, 3.63) is 18.3 Å². The predicted molar refractivity (Wildman–Crippen MR) is 78.4 cm³/mol. The molecule has 6 heteroatoms. The number of nitrogens with two attached hydrogens (primary N) is 1. The lowest BCUT2D eigenvalue weighted by Crippen LogP contribution is -2.28. The number of aromatic amines is 1. The van der Waals surface area contributed by atoms with Gasteiger partial charge in [-0.25, -0.2) is 0 Å². The van der Waals surface area contributed by atoms with Crippen LogP contribution in [-0.2, 0) is 4.74 Å². The molecule has 19 heavy (non-hydrogen) atoms. The van der Waals surface area contributed by atoms with Crippen molar-refractivity contribution in [2.45, 2.75) is 0 Å². The van der Waals surface area contributed by atoms with Crippen molar-refractivity contribution in [1.82, 2.24) is 15.1 Å². The molecule has 1 aromatic heterocycles. The van der Waals surface area contributed by atoms with E-state index in [1.54, 1.807) is 13.3 Å². The molecule has 0 saturated carbocycles. The van der Waals surface area contributed by atoms with Gasteiger partial charge < -0.3 is 20.7 Å². The van der Waals surface area contributed by atoms with E-state index in [1.807, 2.05) is 12.1 Å². The Morgan fingerprint density at radius 3 is 3.05 bits per heavy atom. The summed E-state index contributed by atoms with van der Waals surface area (Å²) >= 11 is 0. The summed E-state index contributed by atoms with van der Waals surface area (Å²) in [6.07, 6.45) is 1.77. The first-order valence-corrected chi connectivity index (χ1v) is 6.34. The number of nitrogens with one attached hydrogen (secondary N) is 2. The second-order valence-electron chi connectivity index (χ2n) is 4.62. The molecule has 104 valence electrons. The Bertz CT molecular complexity index is 525. The summed E-state index contributed by atoms with van der Waals surface area (Å²) in [5.74, 6) is 0. The van der Waals surface area contributed by atoms with Crippen LogP contribution in [0.4, 0.5) is 11.4 Å². The minimum Gasteiger partial charge on any atom is -0.397 e. The topological polar surface area (TPSA) is 79.2 Å². The van der Waals surface area contributed by atoms with Gasteiger partial charge in [-0.2, -0.15) is 5.10 Å². The van der Waals surface area contributed by atoms with E-state index in [2.05, 4.69) is 27.5 Å². The van der Waals surface area contributed by atoms with E-state index in [1.165, 1.54) is 0 Å². The number of benzene rings is 1. The second kappa shape index (κ2) is 6.40. The lowest BCUT2D eigenvalue weighted by molar-refractivity contribution is 0.163. The average Bonchev–Trinajstić information content (AvgIpc) is 2.83. The average molecular weight is 263 g/mol. The fourth-order valence-electron chi connectivity index (χ4n) is 1.90. The summed E-state index contributed by atoms with van der Waals surface area (Å²) in [6.45, 7) is 3.44. The van der Waals surface area contributed by atoms with Crippen molar-refractivity contribution < 1.29 is 4.74 Å². The van der Waals surface area contributed by atoms with Crippen LogP contribution >= 0.6 is 0 Å². The largest absolute Gasteiger partial charge is 0.397 e. The minimum absolute atomic E-state index is 0.744. The Kier molecular flexibility index (Phi) is 4.59. The normalized spacial score (nSPS) is 11.3. The monoisotopic (exact) mass is 263 g/mol. The van der Waals surface area contributed by atoms with Crippen molar-refractivity contribution >= 4 is 22.3 Å². The van der Waals surface area contributed by atoms with E-state index >= 15 is 0 Å². The second-order valence-corrected chi connectivity index (χ2v) is 4.62. The van der Waals surface area contributed by atoms with Crippen molar-refractivity contribution in [3.8, 4) is 0 Å². The van der Waals surface area contributed by atoms with Crippen molar-refractivity contribution in [1.29, 1.82) is 0 Å². The molecule has 0 atom stereocenters. The molecule has 1 aromatic carbocycles. The number of rotatable bonds is 7. The van der Waals surface area contributed by atoms with Crippen LogP contribution in [0.1, 0.15) is 0 Å². The maximum Gasteiger partial charge on any atom is 0.0672 e. The molecule has 2 rings (SSSR count). The first-order valence-electron chi connectivity index (χ1n) is 6.34. The molecule has 0 saturated heterocycles. The summed E-state index contributed by atoms with van der Waals surface area (Å²) < 4.78 is 5.04. The zero-order valence-corrected chi connectivity index (χ0v) is 11.4. The summed E-state index contributed by atoms with van der Waals surface area (Å²) in [4.78, 5) is 2.21. The highest BCUT2D eigenvalue weighted by Crippen LogP contribution is 2.24. The van der Waals surface area contributed by atoms with Crippen molar-refractivity contribution in [2.24, 2.45) is 0 Å². The Balaban J connectivity index is 1.88. The smallest absolute Gasteiger partial charge is 0.0672 e. The molecular formula is C13H21N5O. The zero-order valence-electron chi connectivity index (χ0n) is 11.4. The van der Waals surface area contributed by atoms with Crippen molar-refractivity contribution in [3.63, 3.8) is 0 Å². The molecule has 1 heterocycles. The number of likely N-dealkylation sites (N-methyl/N-ethyl adjacent to an activating group) is 1. The predicted octanol–water partition coefficient (Wildman–Crippen LogP) is 1.14. The highest BCUT2D eigenvalue weighted by atomic mass is 16.5. The Labute approximate surface area is 112 Å². The summed E-state index contributed by atoms with van der Waals surface area (Å²) in [7, 11) is 3.79. The number of aromatic nitrogens is 2. The van der Waals surface area contributed by atoms with Crippen molar-refractivity contribution in [2.75, 3.05) is 51.4 Å². The van der Waals surface area contributed by atoms with Gasteiger partial charge in [0.05, 0.1) is 29.7 Å². The van der Waals surface area contributed by atoms with Gasteiger partial charge in [0, 0.05) is 32.1 Å². The number of nitrogens with zero attached hydrogens (tertiary/aromatic N) is 2. The summed E-state index contributed by atoms with van der Waals surface area (Å²) in [5.41, 5.74) is 8.68. The van der Waals surface area contributed by atoms with Gasteiger partial charge in [0.25, 0.3) is 0 Å². The van der Waals surface area contributed by atoms with E-state index in [0.717, 1.165) is 48.5 Å². The molecule has 2 aromatic rings. The van der Waals surface area contributed by atoms with Crippen LogP contribution in [0.3, 0.4) is 0 Å². The van der Waals surface area contributed by atoms with E-state index in [0.29, 0.717) is 0 Å². The standard InChI is InChI=1S/C13H21N5O/c1-18(5-6-19-2)4-3-15-13-8-12-10(7-11(13)14)9-16-17-12/h7-9,15H,3-6,14H2,1-2H3,(H,16,17). The summed E-state index contributed by atoms with van der Waals surface area (Å²) in [5, 5.41) is 11.3. The van der Waals surface area contributed by atoms with Gasteiger partial charge in [-0.15, -0.1) is 0 Å². The third-order valence-corrected chi connectivity index (χ3v) is 3.10. The molecule has 0 amide bonds. The summed E-state index contributed by atoms with van der Waals surface area (Å²) in [6, 6.07) is 3.92. The molecule has 0 aliphatic carbocycles. The minimum atomic E-state index is 0.744. The van der Waals surface area contributed by atoms with Crippen LogP contribution < -0.4 is 11.1 Å². The van der Waals surface area contributed by atoms with Gasteiger partial charge in [-0.3, -0.25) is 5.10 Å². The van der Waals surface area contributed by atoms with E-state index in [9.17, 15) is 0 Å². The van der Waals surface area contributed by atoms with Crippen LogP contribution in [0.5, 0.6) is 0 Å². The van der Waals surface area contributed by atoms with Gasteiger partial charge in [0.2, 0.25) is 0 Å². The third kappa shape index (κ3) is 3.59. The number of hydrogen-bond donors (Lipinski definition) is 3. The van der Waals surface area contributed by atoms with Gasteiger partial charge in [0.1, 0.15) is 0 Å². The number of nitrogen functional groups attached to an aromatic ring is 1. The van der Waals surface area contributed by atoms with Crippen LogP contribution in [0, 0.1) is 0 Å². The number of ether oxygens (including phenoxy) is 1. The number of H-pyrrole nitrogens is 1. The van der Waals surface area contributed by atoms with Crippen LogP contribution in [0.2, 0.25) is 0 Å². The van der Waals surface area contributed by atoms with Gasteiger partial charge in [-0.1, -0.05) is 0 Å². The van der Waals surface area contributed by atoms with E-state index in [-0.39, 0.29) is 0 Å². The fourth-order valence-corrected chi connectivity index (χ4v) is 1.90. The molecule has 0 aliphatic heterocycles. The molecule has 0 spiro atoms. The van der Waals surface area contributed by atoms with Gasteiger partial charge >= 0.3 is 0 Å². The number of anilines is 2. The molecule has 0 bridgehead atoms. The quantitative estimate of drug-likeness (QED) is 0.653. The maximum atomic E-state index is 6.01. The number of fused-ring (bicyclic) bond motifs is 1. The fraction of sp³-hybridized carbons (Fsp3) is 0.462. The van der Waals surface area contributed by atoms with Crippen LogP contribution in [0.25, 0.3) is 10.9 Å². The molecular weight excluding hydrogens is 242 g/mol. The van der Waals surface area contributed by atoms with E-state index in [4.69, 9.17) is 10.5 Å². The number of hydrogen-bond acceptors (Lipinski definition) is 5. The maximum absolute atomic E-state index is 6.01. The van der Waals surface area contributed by atoms with Crippen LogP contribution in [-0.4, -0.2) is 55.5 Å².